The van der Waals surface area contributed by atoms with Gasteiger partial charge in [0, 0.05) is 29.7 Å². The Balaban J connectivity index is 1.48. The molecule has 0 radical (unpaired) electrons. The monoisotopic (exact) mass is 356 g/mol. The van der Waals surface area contributed by atoms with Crippen molar-refractivity contribution in [1.82, 2.24) is 15.5 Å². The third-order valence-electron chi connectivity index (χ3n) is 3.54. The van der Waals surface area contributed by atoms with Crippen molar-refractivity contribution in [1.29, 1.82) is 0 Å². The van der Waals surface area contributed by atoms with Crippen LogP contribution in [-0.2, 0) is 6.42 Å². The van der Waals surface area contributed by atoms with Crippen molar-refractivity contribution in [3.05, 3.63) is 65.0 Å². The molecular weight excluding hydrogens is 340 g/mol. The van der Waals surface area contributed by atoms with E-state index in [1.54, 1.807) is 19.1 Å². The number of aromatic nitrogens is 2. The van der Waals surface area contributed by atoms with Gasteiger partial charge in [-0.2, -0.15) is 4.98 Å². The molecule has 2 amide bonds. The lowest BCUT2D eigenvalue weighted by Crippen LogP contribution is -2.30. The number of carbonyl (C=O) groups is 1. The molecule has 6 nitrogen and oxygen atoms in total. The summed E-state index contributed by atoms with van der Waals surface area (Å²) in [7, 11) is 0. The van der Waals surface area contributed by atoms with E-state index in [1.165, 1.54) is 0 Å². The standard InChI is InChI=1S/C18H17ClN4O2/c1-12-21-17(23-25-12)14-4-8-16(9-5-14)22-18(24)20-11-10-13-2-6-15(19)7-3-13/h2-9H,10-11H2,1H3,(H2,20,22,24). The van der Waals surface area contributed by atoms with E-state index in [0.29, 0.717) is 29.0 Å². The van der Waals surface area contributed by atoms with Gasteiger partial charge in [0.15, 0.2) is 0 Å². The van der Waals surface area contributed by atoms with Crippen LogP contribution in [0.15, 0.2) is 53.1 Å². The van der Waals surface area contributed by atoms with Crippen molar-refractivity contribution in [3.8, 4) is 11.4 Å². The largest absolute Gasteiger partial charge is 0.339 e. The Labute approximate surface area is 150 Å². The first kappa shape index (κ1) is 17.0. The van der Waals surface area contributed by atoms with Crippen molar-refractivity contribution >= 4 is 23.3 Å². The number of amides is 2. The molecule has 0 aliphatic rings. The molecule has 128 valence electrons. The number of nitrogens with one attached hydrogen (secondary N) is 2. The van der Waals surface area contributed by atoms with E-state index >= 15 is 0 Å². The van der Waals surface area contributed by atoms with Crippen molar-refractivity contribution in [3.63, 3.8) is 0 Å². The fourth-order valence-corrected chi connectivity index (χ4v) is 2.39. The normalized spacial score (nSPS) is 10.5. The number of hydrogen-bond donors (Lipinski definition) is 2. The number of rotatable bonds is 5. The summed E-state index contributed by atoms with van der Waals surface area (Å²) in [5.41, 5.74) is 2.63. The van der Waals surface area contributed by atoms with Crippen LogP contribution in [0.2, 0.25) is 5.02 Å². The van der Waals surface area contributed by atoms with Crippen LogP contribution in [0, 0.1) is 6.92 Å². The van der Waals surface area contributed by atoms with Crippen molar-refractivity contribution in [2.24, 2.45) is 0 Å². The zero-order valence-electron chi connectivity index (χ0n) is 13.6. The molecule has 0 aliphatic carbocycles. The Kier molecular flexibility index (Phi) is 5.30. The average molecular weight is 357 g/mol. The Bertz CT molecular complexity index is 844. The quantitative estimate of drug-likeness (QED) is 0.722. The lowest BCUT2D eigenvalue weighted by molar-refractivity contribution is 0.252. The van der Waals surface area contributed by atoms with E-state index in [-0.39, 0.29) is 6.03 Å². The number of halogens is 1. The van der Waals surface area contributed by atoms with E-state index < -0.39 is 0 Å². The summed E-state index contributed by atoms with van der Waals surface area (Å²) in [4.78, 5) is 16.1. The molecule has 2 N–H and O–H groups in total. The maximum atomic E-state index is 11.9. The van der Waals surface area contributed by atoms with Gasteiger partial charge in [-0.3, -0.25) is 0 Å². The minimum atomic E-state index is -0.253. The third-order valence-corrected chi connectivity index (χ3v) is 3.79. The summed E-state index contributed by atoms with van der Waals surface area (Å²) >= 11 is 5.85. The average Bonchev–Trinajstić information content (AvgIpc) is 3.04. The molecule has 0 fully saturated rings. The second kappa shape index (κ2) is 7.81. The van der Waals surface area contributed by atoms with Crippen LogP contribution in [0.3, 0.4) is 0 Å². The predicted octanol–water partition coefficient (Wildman–Crippen LogP) is 4.06. The number of urea groups is 1. The number of hydrogen-bond acceptors (Lipinski definition) is 4. The smallest absolute Gasteiger partial charge is 0.319 e. The van der Waals surface area contributed by atoms with Crippen LogP contribution in [0.5, 0.6) is 0 Å². The summed E-state index contributed by atoms with van der Waals surface area (Å²) < 4.78 is 4.95. The van der Waals surface area contributed by atoms with Crippen LogP contribution >= 0.6 is 11.6 Å². The van der Waals surface area contributed by atoms with Crippen molar-refractivity contribution < 1.29 is 9.32 Å². The van der Waals surface area contributed by atoms with Crippen LogP contribution in [-0.4, -0.2) is 22.7 Å². The first-order valence-electron chi connectivity index (χ1n) is 7.80. The lowest BCUT2D eigenvalue weighted by atomic mass is 10.1. The summed E-state index contributed by atoms with van der Waals surface area (Å²) in [5.74, 6) is 1.04. The molecule has 3 aromatic rings. The van der Waals surface area contributed by atoms with Gasteiger partial charge >= 0.3 is 6.03 Å². The molecule has 0 saturated carbocycles. The van der Waals surface area contributed by atoms with Crippen molar-refractivity contribution in [2.75, 3.05) is 11.9 Å². The second-order valence-corrected chi connectivity index (χ2v) is 5.91. The SMILES string of the molecule is Cc1nc(-c2ccc(NC(=O)NCCc3ccc(Cl)cc3)cc2)no1. The maximum absolute atomic E-state index is 11.9. The highest BCUT2D eigenvalue weighted by molar-refractivity contribution is 6.30. The Morgan fingerprint density at radius 3 is 2.48 bits per heavy atom. The highest BCUT2D eigenvalue weighted by atomic mass is 35.5. The van der Waals surface area contributed by atoms with Gasteiger partial charge in [0.2, 0.25) is 11.7 Å². The van der Waals surface area contributed by atoms with Crippen LogP contribution < -0.4 is 10.6 Å². The molecule has 0 unspecified atom stereocenters. The van der Waals surface area contributed by atoms with Gasteiger partial charge in [0.05, 0.1) is 0 Å². The van der Waals surface area contributed by atoms with Gasteiger partial charge in [0.25, 0.3) is 0 Å². The molecule has 7 heteroatoms. The molecule has 0 bridgehead atoms. The minimum Gasteiger partial charge on any atom is -0.339 e. The van der Waals surface area contributed by atoms with Gasteiger partial charge in [0.1, 0.15) is 0 Å². The molecule has 1 heterocycles. The number of benzene rings is 2. The van der Waals surface area contributed by atoms with E-state index in [4.69, 9.17) is 16.1 Å². The zero-order chi connectivity index (χ0) is 17.6. The number of carbonyl (C=O) groups excluding carboxylic acids is 1. The Morgan fingerprint density at radius 1 is 1.12 bits per heavy atom. The minimum absolute atomic E-state index is 0.253. The van der Waals surface area contributed by atoms with E-state index in [9.17, 15) is 4.79 Å². The van der Waals surface area contributed by atoms with E-state index in [1.807, 2.05) is 36.4 Å². The Hall–Kier alpha value is -2.86. The van der Waals surface area contributed by atoms with Crippen LogP contribution in [0.4, 0.5) is 10.5 Å². The van der Waals surface area contributed by atoms with Crippen LogP contribution in [0.1, 0.15) is 11.5 Å². The topological polar surface area (TPSA) is 80.0 Å². The molecule has 0 aliphatic heterocycles. The van der Waals surface area contributed by atoms with Crippen LogP contribution in [0.25, 0.3) is 11.4 Å². The Morgan fingerprint density at radius 2 is 1.84 bits per heavy atom. The molecule has 1 aromatic heterocycles. The fourth-order valence-electron chi connectivity index (χ4n) is 2.27. The summed E-state index contributed by atoms with van der Waals surface area (Å²) in [5, 5.41) is 10.2. The maximum Gasteiger partial charge on any atom is 0.319 e. The summed E-state index contributed by atoms with van der Waals surface area (Å²) in [6.07, 6.45) is 0.737. The number of nitrogens with zero attached hydrogens (tertiary/aromatic N) is 2. The highest BCUT2D eigenvalue weighted by Crippen LogP contribution is 2.18. The first-order valence-corrected chi connectivity index (χ1v) is 8.18. The molecule has 25 heavy (non-hydrogen) atoms. The van der Waals surface area contributed by atoms with Gasteiger partial charge in [-0.1, -0.05) is 28.9 Å². The molecule has 0 saturated heterocycles. The van der Waals surface area contributed by atoms with Gasteiger partial charge < -0.3 is 15.2 Å². The number of anilines is 1. The molecule has 0 spiro atoms. The molecule has 2 aromatic carbocycles. The van der Waals surface area contributed by atoms with E-state index in [0.717, 1.165) is 17.5 Å². The molecule has 0 atom stereocenters. The lowest BCUT2D eigenvalue weighted by Gasteiger charge is -2.08. The number of aryl methyl sites for hydroxylation is 1. The summed E-state index contributed by atoms with van der Waals surface area (Å²) in [6.45, 7) is 2.27. The first-order chi connectivity index (χ1) is 12.1. The van der Waals surface area contributed by atoms with Gasteiger partial charge in [-0.05, 0) is 48.4 Å². The second-order valence-electron chi connectivity index (χ2n) is 5.47. The molecular formula is C18H17ClN4O2. The van der Waals surface area contributed by atoms with Gasteiger partial charge in [-0.25, -0.2) is 4.79 Å². The van der Waals surface area contributed by atoms with Crippen molar-refractivity contribution in [2.45, 2.75) is 13.3 Å². The fraction of sp³-hybridized carbons (Fsp3) is 0.167. The predicted molar refractivity (Wildman–Crippen MR) is 96.6 cm³/mol. The zero-order valence-corrected chi connectivity index (χ0v) is 14.4. The van der Waals surface area contributed by atoms with E-state index in [2.05, 4.69) is 20.8 Å². The molecule has 3 rings (SSSR count). The highest BCUT2D eigenvalue weighted by Gasteiger charge is 2.06. The summed E-state index contributed by atoms with van der Waals surface area (Å²) in [6, 6.07) is 14.5. The van der Waals surface area contributed by atoms with Gasteiger partial charge in [-0.15, -0.1) is 0 Å². The third kappa shape index (κ3) is 4.81.